The number of hydrogen-bond acceptors (Lipinski definition) is 5. The number of pyridine rings is 1. The first-order chi connectivity index (χ1) is 16.3. The topological polar surface area (TPSA) is 75.8 Å². The largest absolute Gasteiger partial charge is 0.483 e. The van der Waals surface area contributed by atoms with Gasteiger partial charge in [-0.15, -0.1) is 0 Å². The molecule has 2 amide bonds. The van der Waals surface area contributed by atoms with Crippen molar-refractivity contribution in [3.8, 4) is 17.0 Å². The van der Waals surface area contributed by atoms with Crippen LogP contribution in [0.25, 0.3) is 11.3 Å². The van der Waals surface area contributed by atoms with Crippen LogP contribution in [0.3, 0.4) is 0 Å². The first-order valence-electron chi connectivity index (χ1n) is 10.7. The minimum Gasteiger partial charge on any atom is -0.483 e. The van der Waals surface area contributed by atoms with Crippen LogP contribution in [-0.4, -0.2) is 56.1 Å². The van der Waals surface area contributed by atoms with Gasteiger partial charge in [0, 0.05) is 43.6 Å². The fraction of sp³-hybridized carbons (Fsp3) is 0.304. The van der Waals surface area contributed by atoms with Crippen molar-refractivity contribution in [2.45, 2.75) is 25.5 Å². The second-order valence-corrected chi connectivity index (χ2v) is 8.33. The molecule has 176 valence electrons. The molecule has 0 radical (unpaired) electrons. The summed E-state index contributed by atoms with van der Waals surface area (Å²) in [6.07, 6.45) is 4.36. The van der Waals surface area contributed by atoms with Crippen LogP contribution in [0.2, 0.25) is 0 Å². The molecule has 8 nitrogen and oxygen atoms in total. The number of carbonyl (C=O) groups is 1. The number of hydrazone groups is 1. The molecule has 3 aromatic rings. The van der Waals surface area contributed by atoms with E-state index in [4.69, 9.17) is 4.74 Å². The van der Waals surface area contributed by atoms with Crippen molar-refractivity contribution in [3.05, 3.63) is 65.4 Å². The number of hydrogen-bond donors (Lipinski definition) is 0. The van der Waals surface area contributed by atoms with Gasteiger partial charge in [-0.25, -0.2) is 23.0 Å². The van der Waals surface area contributed by atoms with E-state index in [1.54, 1.807) is 17.9 Å². The van der Waals surface area contributed by atoms with Crippen LogP contribution in [0.15, 0.2) is 41.8 Å². The van der Waals surface area contributed by atoms with E-state index < -0.39 is 35.6 Å². The second-order valence-electron chi connectivity index (χ2n) is 8.33. The number of carbonyl (C=O) groups excluding carboxylic acids is 1. The number of aromatic nitrogens is 3. The molecular weight excluding hydrogens is 449 g/mol. The zero-order valence-electron chi connectivity index (χ0n) is 18.5. The highest BCUT2D eigenvalue weighted by molar-refractivity contribution is 5.79. The van der Waals surface area contributed by atoms with Gasteiger partial charge in [-0.3, -0.25) is 9.67 Å². The quantitative estimate of drug-likeness (QED) is 0.581. The maximum atomic E-state index is 14.3. The van der Waals surface area contributed by atoms with Gasteiger partial charge in [-0.1, -0.05) is 0 Å². The monoisotopic (exact) mass is 470 g/mol. The van der Waals surface area contributed by atoms with E-state index in [-0.39, 0.29) is 18.8 Å². The molecule has 0 bridgehead atoms. The van der Waals surface area contributed by atoms with Gasteiger partial charge in [0.15, 0.2) is 11.6 Å². The fourth-order valence-corrected chi connectivity index (χ4v) is 4.15. The molecule has 0 saturated carbocycles. The smallest absolute Gasteiger partial charge is 0.341 e. The van der Waals surface area contributed by atoms with Gasteiger partial charge in [0.1, 0.15) is 17.7 Å². The lowest BCUT2D eigenvalue weighted by atomic mass is 10.0. The van der Waals surface area contributed by atoms with Crippen LogP contribution in [0.5, 0.6) is 5.75 Å². The lowest BCUT2D eigenvalue weighted by Gasteiger charge is -2.41. The average molecular weight is 470 g/mol. The fourth-order valence-electron chi connectivity index (χ4n) is 4.15. The van der Waals surface area contributed by atoms with Crippen LogP contribution in [-0.2, 0) is 7.05 Å². The Hall–Kier alpha value is -3.89. The third-order valence-corrected chi connectivity index (χ3v) is 5.82. The van der Waals surface area contributed by atoms with E-state index >= 15 is 0 Å². The van der Waals surface area contributed by atoms with Crippen molar-refractivity contribution >= 4 is 12.2 Å². The summed E-state index contributed by atoms with van der Waals surface area (Å²) in [6, 6.07) is 3.67. The molecule has 2 aromatic heterocycles. The first-order valence-corrected chi connectivity index (χ1v) is 10.7. The van der Waals surface area contributed by atoms with Gasteiger partial charge in [-0.2, -0.15) is 10.2 Å². The Morgan fingerprint density at radius 1 is 1.12 bits per heavy atom. The Kier molecular flexibility index (Phi) is 5.46. The molecule has 1 aromatic carbocycles. The van der Waals surface area contributed by atoms with E-state index in [2.05, 4.69) is 15.2 Å². The lowest BCUT2D eigenvalue weighted by Crippen LogP contribution is -2.58. The normalized spacial score (nSPS) is 17.9. The van der Waals surface area contributed by atoms with Crippen LogP contribution in [0, 0.1) is 24.4 Å². The molecule has 2 aliphatic rings. The Morgan fingerprint density at radius 2 is 1.85 bits per heavy atom. The molecular formula is C23H21F3N6O2. The molecule has 0 aliphatic carbocycles. The highest BCUT2D eigenvalue weighted by Gasteiger charge is 2.39. The van der Waals surface area contributed by atoms with Gasteiger partial charge in [0.05, 0.1) is 36.7 Å². The van der Waals surface area contributed by atoms with E-state index in [0.29, 0.717) is 17.7 Å². The molecule has 1 saturated heterocycles. The number of aryl methyl sites for hydroxylation is 2. The van der Waals surface area contributed by atoms with Crippen LogP contribution < -0.4 is 4.74 Å². The maximum absolute atomic E-state index is 14.3. The van der Waals surface area contributed by atoms with Gasteiger partial charge >= 0.3 is 6.03 Å². The number of amides is 2. The summed E-state index contributed by atoms with van der Waals surface area (Å²) >= 11 is 0. The van der Waals surface area contributed by atoms with Crippen LogP contribution in [0.1, 0.15) is 23.7 Å². The minimum atomic E-state index is -0.716. The predicted octanol–water partition coefficient (Wildman–Crippen LogP) is 3.82. The van der Waals surface area contributed by atoms with Crippen molar-refractivity contribution in [2.75, 3.05) is 13.1 Å². The van der Waals surface area contributed by atoms with Gasteiger partial charge < -0.3 is 9.64 Å². The molecule has 0 spiro atoms. The van der Waals surface area contributed by atoms with Crippen molar-refractivity contribution in [3.63, 3.8) is 0 Å². The summed E-state index contributed by atoms with van der Waals surface area (Å²) in [7, 11) is 1.79. The van der Waals surface area contributed by atoms with E-state index in [0.717, 1.165) is 23.5 Å². The molecule has 1 unspecified atom stereocenters. The zero-order chi connectivity index (χ0) is 24.0. The van der Waals surface area contributed by atoms with Crippen molar-refractivity contribution in [2.24, 2.45) is 12.1 Å². The van der Waals surface area contributed by atoms with Gasteiger partial charge in [0.25, 0.3) is 0 Å². The SMILES string of the molecule is Cc1nn(C)cc1-c1cc(OC2CN(C(=O)N3N=CCC3c3cc(F)cc(F)c3)C2)c(F)cn1. The number of rotatable bonds is 4. The molecule has 2 aliphatic heterocycles. The van der Waals surface area contributed by atoms with Crippen LogP contribution in [0.4, 0.5) is 18.0 Å². The third kappa shape index (κ3) is 4.09. The van der Waals surface area contributed by atoms with Crippen molar-refractivity contribution < 1.29 is 22.7 Å². The van der Waals surface area contributed by atoms with E-state index in [1.807, 2.05) is 6.92 Å². The van der Waals surface area contributed by atoms with Crippen LogP contribution >= 0.6 is 0 Å². The third-order valence-electron chi connectivity index (χ3n) is 5.82. The highest BCUT2D eigenvalue weighted by Crippen LogP contribution is 2.32. The standard InChI is InChI=1S/C23H21F3N6O2/c1-13-18(12-30(2)29-13)20-8-22(19(26)9-27-20)34-17-10-31(11-17)23(33)32-21(3-4-28-32)14-5-15(24)7-16(25)6-14/h4-9,12,17,21H,3,10-11H2,1-2H3. The Morgan fingerprint density at radius 3 is 2.53 bits per heavy atom. The number of benzene rings is 1. The van der Waals surface area contributed by atoms with Gasteiger partial charge in [0.2, 0.25) is 0 Å². The second kappa shape index (κ2) is 8.47. The molecule has 5 rings (SSSR count). The van der Waals surface area contributed by atoms with E-state index in [1.165, 1.54) is 34.3 Å². The molecule has 1 fully saturated rings. The number of nitrogens with zero attached hydrogens (tertiary/aromatic N) is 6. The lowest BCUT2D eigenvalue weighted by molar-refractivity contribution is 0.0256. The summed E-state index contributed by atoms with van der Waals surface area (Å²) < 4.78 is 49.1. The zero-order valence-corrected chi connectivity index (χ0v) is 18.5. The molecule has 4 heterocycles. The highest BCUT2D eigenvalue weighted by atomic mass is 19.1. The first kappa shape index (κ1) is 21.9. The predicted molar refractivity (Wildman–Crippen MR) is 117 cm³/mol. The summed E-state index contributed by atoms with van der Waals surface area (Å²) in [5.74, 6) is -2.00. The van der Waals surface area contributed by atoms with Crippen molar-refractivity contribution in [1.29, 1.82) is 0 Å². The Labute approximate surface area is 193 Å². The number of halogens is 3. The number of ether oxygens (including phenoxy) is 1. The summed E-state index contributed by atoms with van der Waals surface area (Å²) in [4.78, 5) is 18.5. The van der Waals surface area contributed by atoms with Gasteiger partial charge in [-0.05, 0) is 24.6 Å². The molecule has 34 heavy (non-hydrogen) atoms. The summed E-state index contributed by atoms with van der Waals surface area (Å²) in [5, 5.41) is 9.57. The summed E-state index contributed by atoms with van der Waals surface area (Å²) in [6.45, 7) is 2.28. The molecule has 1 atom stereocenters. The molecule has 0 N–H and O–H groups in total. The number of urea groups is 1. The van der Waals surface area contributed by atoms with E-state index in [9.17, 15) is 18.0 Å². The summed E-state index contributed by atoms with van der Waals surface area (Å²) in [5.41, 5.74) is 2.39. The average Bonchev–Trinajstić information content (AvgIpc) is 3.37. The molecule has 11 heteroatoms. The Bertz CT molecular complexity index is 1270. The maximum Gasteiger partial charge on any atom is 0.341 e. The Balaban J connectivity index is 1.24. The minimum absolute atomic E-state index is 0.0395. The van der Waals surface area contributed by atoms with Crippen molar-refractivity contribution in [1.82, 2.24) is 24.7 Å². The number of likely N-dealkylation sites (tertiary alicyclic amines) is 1.